The average Bonchev–Trinajstić information content (AvgIpc) is 3.23. The molecule has 0 spiro atoms. The van der Waals surface area contributed by atoms with Crippen molar-refractivity contribution in [2.75, 3.05) is 13.1 Å². The molecular formula is C20H35N7O7. The molecule has 34 heavy (non-hydrogen) atoms. The summed E-state index contributed by atoms with van der Waals surface area (Å²) in [5.74, 6) is -5.22. The number of aliphatic carboxylic acids is 2. The summed E-state index contributed by atoms with van der Waals surface area (Å²) in [6.45, 7) is 3.80. The number of hydrogen-bond donors (Lipinski definition) is 7. The van der Waals surface area contributed by atoms with Gasteiger partial charge in [-0.3, -0.25) is 24.2 Å². The number of carbonyl (C=O) groups is 5. The summed E-state index contributed by atoms with van der Waals surface area (Å²) < 4.78 is 0. The van der Waals surface area contributed by atoms with Gasteiger partial charge in [-0.1, -0.05) is 13.8 Å². The summed E-state index contributed by atoms with van der Waals surface area (Å²) in [4.78, 5) is 66.0. The topological polar surface area (TPSA) is 244 Å². The second-order valence-electron chi connectivity index (χ2n) is 8.47. The fourth-order valence-corrected chi connectivity index (χ4v) is 3.55. The van der Waals surface area contributed by atoms with Gasteiger partial charge in [0.15, 0.2) is 5.96 Å². The number of likely N-dealkylation sites (tertiary alicyclic amines) is 1. The number of carbonyl (C=O) groups excluding carboxylic acids is 3. The lowest BCUT2D eigenvalue weighted by molar-refractivity contribution is -0.150. The molecule has 1 saturated heterocycles. The summed E-state index contributed by atoms with van der Waals surface area (Å²) in [5.41, 5.74) is 16.3. The average molecular weight is 486 g/mol. The third-order valence-electron chi connectivity index (χ3n) is 5.37. The molecule has 192 valence electrons. The van der Waals surface area contributed by atoms with Crippen molar-refractivity contribution in [2.45, 2.75) is 70.1 Å². The van der Waals surface area contributed by atoms with Crippen molar-refractivity contribution < 1.29 is 34.2 Å². The first-order valence-corrected chi connectivity index (χ1v) is 11.0. The third kappa shape index (κ3) is 8.84. The van der Waals surface area contributed by atoms with Crippen LogP contribution in [0.3, 0.4) is 0 Å². The van der Waals surface area contributed by atoms with Crippen molar-refractivity contribution in [3.05, 3.63) is 0 Å². The molecule has 4 unspecified atom stereocenters. The van der Waals surface area contributed by atoms with Crippen molar-refractivity contribution in [1.29, 1.82) is 0 Å². The van der Waals surface area contributed by atoms with Crippen LogP contribution in [0.2, 0.25) is 0 Å². The monoisotopic (exact) mass is 485 g/mol. The molecule has 4 atom stereocenters. The molecule has 14 heteroatoms. The standard InChI is InChI=1S/C20H35N7O7/c1-10(2)15(18(32)27-8-4-6-13(27)19(33)34)26-17(31)12(9-14(28)29)25-16(30)11(21)5-3-7-24-20(22)23/h10-13,15H,3-9,21H2,1-2H3,(H,25,30)(H,26,31)(H,28,29)(H,33,34)(H4,22,23,24). The zero-order valence-corrected chi connectivity index (χ0v) is 19.4. The van der Waals surface area contributed by atoms with Gasteiger partial charge in [-0.05, 0) is 31.6 Å². The zero-order chi connectivity index (χ0) is 26.0. The van der Waals surface area contributed by atoms with Crippen LogP contribution in [-0.2, 0) is 24.0 Å². The number of guanidine groups is 1. The van der Waals surface area contributed by atoms with Crippen LogP contribution in [0.15, 0.2) is 4.99 Å². The lowest BCUT2D eigenvalue weighted by Gasteiger charge is -2.30. The SMILES string of the molecule is CC(C)C(NC(=O)C(CC(=O)O)NC(=O)C(N)CCCN=C(N)N)C(=O)N1CCCC1C(=O)O. The minimum Gasteiger partial charge on any atom is -0.481 e. The van der Waals surface area contributed by atoms with Gasteiger partial charge in [0.2, 0.25) is 17.7 Å². The molecule has 14 nitrogen and oxygen atoms in total. The fourth-order valence-electron chi connectivity index (χ4n) is 3.55. The van der Waals surface area contributed by atoms with E-state index in [1.165, 1.54) is 4.90 Å². The normalized spacial score (nSPS) is 18.0. The van der Waals surface area contributed by atoms with Crippen LogP contribution in [0.4, 0.5) is 0 Å². The van der Waals surface area contributed by atoms with Crippen LogP contribution in [0.1, 0.15) is 46.0 Å². The molecule has 0 bridgehead atoms. The Bertz CT molecular complexity index is 798. The summed E-state index contributed by atoms with van der Waals surface area (Å²) in [6.07, 6.45) is 0.646. The molecule has 0 aromatic heterocycles. The summed E-state index contributed by atoms with van der Waals surface area (Å²) in [6, 6.07) is -4.62. The second kappa shape index (κ2) is 13.3. The van der Waals surface area contributed by atoms with Gasteiger partial charge in [-0.2, -0.15) is 0 Å². The minimum absolute atomic E-state index is 0.103. The number of rotatable bonds is 13. The molecule has 1 rings (SSSR count). The van der Waals surface area contributed by atoms with E-state index in [9.17, 15) is 34.2 Å². The molecule has 10 N–H and O–H groups in total. The highest BCUT2D eigenvalue weighted by Gasteiger charge is 2.39. The Hall–Kier alpha value is -3.42. The lowest BCUT2D eigenvalue weighted by atomic mass is 10.0. The Morgan fingerprint density at radius 1 is 1.09 bits per heavy atom. The van der Waals surface area contributed by atoms with Crippen LogP contribution >= 0.6 is 0 Å². The van der Waals surface area contributed by atoms with E-state index in [4.69, 9.17) is 17.2 Å². The Labute approximate surface area is 197 Å². The Kier molecular flexibility index (Phi) is 11.2. The van der Waals surface area contributed by atoms with Gasteiger partial charge in [0.05, 0.1) is 12.5 Å². The van der Waals surface area contributed by atoms with Gasteiger partial charge in [0, 0.05) is 13.1 Å². The fraction of sp³-hybridized carbons (Fsp3) is 0.700. The van der Waals surface area contributed by atoms with Crippen molar-refractivity contribution in [3.8, 4) is 0 Å². The van der Waals surface area contributed by atoms with Gasteiger partial charge >= 0.3 is 11.9 Å². The molecule has 1 heterocycles. The molecule has 1 fully saturated rings. The van der Waals surface area contributed by atoms with E-state index >= 15 is 0 Å². The third-order valence-corrected chi connectivity index (χ3v) is 5.37. The highest BCUT2D eigenvalue weighted by atomic mass is 16.4. The number of nitrogens with zero attached hydrogens (tertiary/aromatic N) is 2. The molecule has 0 aliphatic carbocycles. The minimum atomic E-state index is -1.49. The van der Waals surface area contributed by atoms with Gasteiger partial charge in [-0.15, -0.1) is 0 Å². The highest BCUT2D eigenvalue weighted by Crippen LogP contribution is 2.20. The van der Waals surface area contributed by atoms with Gasteiger partial charge in [0.1, 0.15) is 18.1 Å². The maximum atomic E-state index is 13.0. The van der Waals surface area contributed by atoms with Crippen molar-refractivity contribution in [3.63, 3.8) is 0 Å². The molecule has 0 aromatic rings. The quantitative estimate of drug-likeness (QED) is 0.0823. The number of nitrogens with one attached hydrogen (secondary N) is 2. The predicted octanol–water partition coefficient (Wildman–Crippen LogP) is -2.46. The van der Waals surface area contributed by atoms with Gasteiger partial charge in [-0.25, -0.2) is 4.79 Å². The van der Waals surface area contributed by atoms with E-state index < -0.39 is 66.2 Å². The van der Waals surface area contributed by atoms with E-state index in [-0.39, 0.29) is 25.5 Å². The largest absolute Gasteiger partial charge is 0.481 e. The van der Waals surface area contributed by atoms with Crippen LogP contribution in [0, 0.1) is 5.92 Å². The predicted molar refractivity (Wildman–Crippen MR) is 121 cm³/mol. The molecule has 1 aliphatic heterocycles. The van der Waals surface area contributed by atoms with E-state index in [1.807, 2.05) is 0 Å². The van der Waals surface area contributed by atoms with Gasteiger partial charge < -0.3 is 42.9 Å². The summed E-state index contributed by atoms with van der Waals surface area (Å²) in [7, 11) is 0. The van der Waals surface area contributed by atoms with Crippen molar-refractivity contribution >= 4 is 35.6 Å². The molecule has 0 radical (unpaired) electrons. The molecular weight excluding hydrogens is 450 g/mol. The van der Waals surface area contributed by atoms with Crippen LogP contribution in [0.5, 0.6) is 0 Å². The van der Waals surface area contributed by atoms with Crippen LogP contribution in [0.25, 0.3) is 0 Å². The number of amides is 3. The Morgan fingerprint density at radius 3 is 2.26 bits per heavy atom. The Balaban J connectivity index is 2.87. The van der Waals surface area contributed by atoms with Crippen LogP contribution in [-0.4, -0.2) is 88.0 Å². The van der Waals surface area contributed by atoms with Crippen molar-refractivity contribution in [2.24, 2.45) is 28.1 Å². The lowest BCUT2D eigenvalue weighted by Crippen LogP contribution is -2.58. The zero-order valence-electron chi connectivity index (χ0n) is 19.4. The molecule has 3 amide bonds. The highest BCUT2D eigenvalue weighted by molar-refractivity contribution is 5.95. The van der Waals surface area contributed by atoms with E-state index in [0.717, 1.165) is 0 Å². The maximum absolute atomic E-state index is 13.0. The number of nitrogens with two attached hydrogens (primary N) is 3. The Morgan fingerprint density at radius 2 is 1.74 bits per heavy atom. The second-order valence-corrected chi connectivity index (χ2v) is 8.47. The molecule has 0 aromatic carbocycles. The van der Waals surface area contributed by atoms with E-state index in [1.54, 1.807) is 13.8 Å². The smallest absolute Gasteiger partial charge is 0.326 e. The van der Waals surface area contributed by atoms with Crippen LogP contribution < -0.4 is 27.8 Å². The number of carboxylic acids is 2. The van der Waals surface area contributed by atoms with Gasteiger partial charge in [0.25, 0.3) is 0 Å². The first kappa shape index (κ1) is 28.6. The number of aliphatic imine (C=N–C) groups is 1. The number of hydrogen-bond acceptors (Lipinski definition) is 7. The van der Waals surface area contributed by atoms with E-state index in [2.05, 4.69) is 15.6 Å². The van der Waals surface area contributed by atoms with Crippen molar-refractivity contribution in [1.82, 2.24) is 15.5 Å². The first-order chi connectivity index (χ1) is 15.8. The molecule has 1 aliphatic rings. The first-order valence-electron chi connectivity index (χ1n) is 11.0. The summed E-state index contributed by atoms with van der Waals surface area (Å²) in [5, 5.41) is 23.3. The van der Waals surface area contributed by atoms with E-state index in [0.29, 0.717) is 19.3 Å². The number of carboxylic acid groups (broad SMARTS) is 2. The maximum Gasteiger partial charge on any atom is 0.326 e. The molecule has 0 saturated carbocycles. The summed E-state index contributed by atoms with van der Waals surface area (Å²) >= 11 is 0.